The van der Waals surface area contributed by atoms with Gasteiger partial charge in [0.2, 0.25) is 0 Å². The molecule has 2 nitrogen and oxygen atoms in total. The first-order valence-electron chi connectivity index (χ1n) is 7.48. The van der Waals surface area contributed by atoms with Gasteiger partial charge in [0.15, 0.2) is 0 Å². The van der Waals surface area contributed by atoms with Crippen LogP contribution in [0.3, 0.4) is 0 Å². The zero-order valence-electron chi connectivity index (χ0n) is 13.0. The average Bonchev–Trinajstić information content (AvgIpc) is 2.75. The molecule has 0 aliphatic heterocycles. The molecule has 110 valence electrons. The normalized spacial score (nSPS) is 14.7. The second kappa shape index (κ2) is 4.26. The molecule has 0 aromatic heterocycles. The minimum atomic E-state index is -0.110. The van der Waals surface area contributed by atoms with Gasteiger partial charge in [0.1, 0.15) is 11.5 Å². The summed E-state index contributed by atoms with van der Waals surface area (Å²) in [6, 6.07) is 16.3. The molecular formula is C20H18O2. The Kier molecular flexibility index (Phi) is 2.56. The third-order valence-corrected chi connectivity index (χ3v) is 4.87. The molecule has 0 saturated carbocycles. The fourth-order valence-electron chi connectivity index (χ4n) is 3.77. The largest absolute Gasteiger partial charge is 0.507 e. The summed E-state index contributed by atoms with van der Waals surface area (Å²) in [7, 11) is 1.64. The molecule has 0 unspecified atom stereocenters. The van der Waals surface area contributed by atoms with Crippen LogP contribution in [0, 0.1) is 0 Å². The molecule has 0 heterocycles. The smallest absolute Gasteiger partial charge is 0.130 e. The van der Waals surface area contributed by atoms with Crippen LogP contribution in [0.5, 0.6) is 11.5 Å². The molecule has 2 heteroatoms. The Bertz CT molecular complexity index is 907. The molecule has 4 rings (SSSR count). The minimum absolute atomic E-state index is 0.110. The van der Waals surface area contributed by atoms with Crippen LogP contribution in [0.4, 0.5) is 0 Å². The van der Waals surface area contributed by atoms with Crippen LogP contribution in [0.25, 0.3) is 21.9 Å². The van der Waals surface area contributed by atoms with Crippen LogP contribution in [-0.4, -0.2) is 12.2 Å². The van der Waals surface area contributed by atoms with Gasteiger partial charge in [-0.05, 0) is 39.8 Å². The molecule has 0 fully saturated rings. The molecule has 0 radical (unpaired) electrons. The van der Waals surface area contributed by atoms with Gasteiger partial charge in [0.05, 0.1) is 12.5 Å². The van der Waals surface area contributed by atoms with E-state index >= 15 is 0 Å². The topological polar surface area (TPSA) is 29.5 Å². The predicted molar refractivity (Wildman–Crippen MR) is 89.7 cm³/mol. The highest BCUT2D eigenvalue weighted by molar-refractivity contribution is 6.07. The van der Waals surface area contributed by atoms with Crippen LogP contribution in [0.15, 0.2) is 48.5 Å². The number of phenolic OH excluding ortho intramolecular Hbond substituents is 1. The molecular weight excluding hydrogens is 272 g/mol. The minimum Gasteiger partial charge on any atom is -0.507 e. The van der Waals surface area contributed by atoms with Gasteiger partial charge < -0.3 is 9.84 Å². The van der Waals surface area contributed by atoms with Crippen molar-refractivity contribution in [2.75, 3.05) is 7.11 Å². The molecule has 1 aliphatic carbocycles. The summed E-state index contributed by atoms with van der Waals surface area (Å²) in [5.74, 6) is 0.993. The fourth-order valence-corrected chi connectivity index (χ4v) is 3.77. The van der Waals surface area contributed by atoms with Gasteiger partial charge in [0, 0.05) is 5.41 Å². The van der Waals surface area contributed by atoms with Crippen molar-refractivity contribution in [2.45, 2.75) is 19.3 Å². The van der Waals surface area contributed by atoms with E-state index in [1.54, 1.807) is 7.11 Å². The van der Waals surface area contributed by atoms with Crippen molar-refractivity contribution in [1.82, 2.24) is 0 Å². The van der Waals surface area contributed by atoms with Crippen molar-refractivity contribution < 1.29 is 9.84 Å². The Morgan fingerprint density at radius 1 is 0.955 bits per heavy atom. The number of benzene rings is 3. The van der Waals surface area contributed by atoms with Gasteiger partial charge in [-0.2, -0.15) is 0 Å². The number of hydrogen-bond acceptors (Lipinski definition) is 2. The first-order valence-corrected chi connectivity index (χ1v) is 7.48. The number of phenols is 1. The highest BCUT2D eigenvalue weighted by Gasteiger charge is 2.37. The first kappa shape index (κ1) is 13.2. The highest BCUT2D eigenvalue weighted by Crippen LogP contribution is 2.53. The number of hydrogen-bond donors (Lipinski definition) is 1. The molecule has 22 heavy (non-hydrogen) atoms. The van der Waals surface area contributed by atoms with E-state index in [9.17, 15) is 5.11 Å². The number of aromatic hydroxyl groups is 1. The summed E-state index contributed by atoms with van der Waals surface area (Å²) < 4.78 is 5.45. The zero-order valence-corrected chi connectivity index (χ0v) is 13.0. The van der Waals surface area contributed by atoms with Gasteiger partial charge in [-0.15, -0.1) is 0 Å². The maximum atomic E-state index is 10.6. The van der Waals surface area contributed by atoms with Crippen LogP contribution in [0.1, 0.15) is 25.0 Å². The third-order valence-electron chi connectivity index (χ3n) is 4.87. The summed E-state index contributed by atoms with van der Waals surface area (Å²) in [6.45, 7) is 4.42. The maximum absolute atomic E-state index is 10.6. The van der Waals surface area contributed by atoms with Crippen molar-refractivity contribution in [2.24, 2.45) is 0 Å². The number of methoxy groups -OCH3 is 1. The molecule has 0 saturated heterocycles. The lowest BCUT2D eigenvalue weighted by Gasteiger charge is -2.22. The van der Waals surface area contributed by atoms with E-state index in [2.05, 4.69) is 44.2 Å². The lowest BCUT2D eigenvalue weighted by Crippen LogP contribution is -2.14. The predicted octanol–water partition coefficient (Wildman–Crippen LogP) is 4.86. The van der Waals surface area contributed by atoms with Crippen LogP contribution >= 0.6 is 0 Å². The second-order valence-corrected chi connectivity index (χ2v) is 6.37. The number of rotatable bonds is 1. The van der Waals surface area contributed by atoms with Crippen molar-refractivity contribution in [3.63, 3.8) is 0 Å². The van der Waals surface area contributed by atoms with Crippen molar-refractivity contribution in [1.29, 1.82) is 0 Å². The molecule has 3 aromatic carbocycles. The molecule has 0 spiro atoms. The van der Waals surface area contributed by atoms with Crippen molar-refractivity contribution in [3.8, 4) is 22.6 Å². The maximum Gasteiger partial charge on any atom is 0.130 e. The summed E-state index contributed by atoms with van der Waals surface area (Å²) >= 11 is 0. The van der Waals surface area contributed by atoms with E-state index < -0.39 is 0 Å². The summed E-state index contributed by atoms with van der Waals surface area (Å²) in [5, 5.41) is 12.4. The van der Waals surface area contributed by atoms with E-state index in [1.165, 1.54) is 22.3 Å². The van der Waals surface area contributed by atoms with Gasteiger partial charge >= 0.3 is 0 Å². The number of fused-ring (bicyclic) bond motifs is 5. The molecule has 0 bridgehead atoms. The Balaban J connectivity index is 2.23. The Morgan fingerprint density at radius 2 is 1.73 bits per heavy atom. The lowest BCUT2D eigenvalue weighted by atomic mass is 9.82. The molecule has 0 amide bonds. The van der Waals surface area contributed by atoms with E-state index in [4.69, 9.17) is 4.74 Å². The number of ether oxygens (including phenoxy) is 1. The average molecular weight is 290 g/mol. The molecule has 0 atom stereocenters. The summed E-state index contributed by atoms with van der Waals surface area (Å²) in [5.41, 5.74) is 4.83. The third kappa shape index (κ3) is 1.50. The Morgan fingerprint density at radius 3 is 2.50 bits per heavy atom. The fraction of sp³-hybridized carbons (Fsp3) is 0.200. The van der Waals surface area contributed by atoms with Crippen LogP contribution in [0.2, 0.25) is 0 Å². The Hall–Kier alpha value is -2.48. The Labute approximate surface area is 130 Å². The monoisotopic (exact) mass is 290 g/mol. The van der Waals surface area contributed by atoms with E-state index in [-0.39, 0.29) is 11.2 Å². The molecule has 3 aromatic rings. The highest BCUT2D eigenvalue weighted by atomic mass is 16.5. The summed E-state index contributed by atoms with van der Waals surface area (Å²) in [6.07, 6.45) is 0. The molecule has 1 N–H and O–H groups in total. The standard InChI is InChI=1S/C20H18O2/c1-20(2)14-9-5-4-7-12(14)18-13-8-6-10-17(22-3)19(13)16(21)11-15(18)20/h4-11,21H,1-3H3. The second-order valence-electron chi connectivity index (χ2n) is 6.37. The van der Waals surface area contributed by atoms with Gasteiger partial charge in [0.25, 0.3) is 0 Å². The van der Waals surface area contributed by atoms with E-state index in [1.807, 2.05) is 18.2 Å². The van der Waals surface area contributed by atoms with Crippen molar-refractivity contribution in [3.05, 3.63) is 59.7 Å². The SMILES string of the molecule is COc1cccc2c3c(cc(O)c12)C(C)(C)c1ccccc1-3. The molecule has 1 aliphatic rings. The first-order chi connectivity index (χ1) is 10.6. The van der Waals surface area contributed by atoms with Crippen LogP contribution < -0.4 is 4.74 Å². The van der Waals surface area contributed by atoms with E-state index in [0.717, 1.165) is 10.8 Å². The quantitative estimate of drug-likeness (QED) is 0.693. The lowest BCUT2D eigenvalue weighted by molar-refractivity contribution is 0.416. The van der Waals surface area contributed by atoms with Crippen molar-refractivity contribution >= 4 is 10.8 Å². The van der Waals surface area contributed by atoms with Crippen LogP contribution in [-0.2, 0) is 5.41 Å². The van der Waals surface area contributed by atoms with E-state index in [0.29, 0.717) is 5.75 Å². The zero-order chi connectivity index (χ0) is 15.5. The van der Waals surface area contributed by atoms with Gasteiger partial charge in [-0.3, -0.25) is 0 Å². The summed E-state index contributed by atoms with van der Waals surface area (Å²) in [4.78, 5) is 0. The van der Waals surface area contributed by atoms with Gasteiger partial charge in [-0.25, -0.2) is 0 Å². The van der Waals surface area contributed by atoms with Gasteiger partial charge in [-0.1, -0.05) is 50.2 Å².